The normalized spacial score (nSPS) is 31.3. The molecule has 1 rings (SSSR count). The van der Waals surface area contributed by atoms with Crippen LogP contribution in [0.25, 0.3) is 0 Å². The van der Waals surface area contributed by atoms with Gasteiger partial charge < -0.3 is 9.84 Å². The van der Waals surface area contributed by atoms with Crippen LogP contribution in [0, 0.1) is 0 Å². The third-order valence-electron chi connectivity index (χ3n) is 1.09. The van der Waals surface area contributed by atoms with E-state index in [0.29, 0.717) is 0 Å². The average molecular weight is 192 g/mol. The minimum Gasteiger partial charge on any atom is -0.378 e. The van der Waals surface area contributed by atoms with Gasteiger partial charge in [0.15, 0.2) is 0 Å². The van der Waals surface area contributed by atoms with Crippen molar-refractivity contribution in [2.45, 2.75) is 30.8 Å². The summed E-state index contributed by atoms with van der Waals surface area (Å²) in [6, 6.07) is 0. The van der Waals surface area contributed by atoms with Crippen molar-refractivity contribution < 1.29 is 9.84 Å². The Kier molecular flexibility index (Phi) is 3.78. The van der Waals surface area contributed by atoms with Gasteiger partial charge in [-0.25, -0.2) is 0 Å². The van der Waals surface area contributed by atoms with Crippen LogP contribution >= 0.6 is 21.6 Å². The second-order valence-electron chi connectivity index (χ2n) is 2.52. The van der Waals surface area contributed by atoms with Gasteiger partial charge in [-0.05, 0) is 26.0 Å². The number of aliphatic hydroxyl groups excluding tert-OH is 1. The van der Waals surface area contributed by atoms with Crippen molar-refractivity contribution in [1.29, 1.82) is 0 Å². The maximum absolute atomic E-state index is 9.06. The Morgan fingerprint density at radius 1 is 1.36 bits per heavy atom. The molecule has 1 aliphatic heterocycles. The van der Waals surface area contributed by atoms with E-state index in [0.717, 1.165) is 0 Å². The van der Waals surface area contributed by atoms with Gasteiger partial charge in [0.2, 0.25) is 0 Å². The summed E-state index contributed by atoms with van der Waals surface area (Å²) < 4.78 is 5.48. The molecule has 11 heavy (non-hydrogen) atoms. The molecule has 0 bridgehead atoms. The van der Waals surface area contributed by atoms with Crippen molar-refractivity contribution in [1.82, 2.24) is 0 Å². The Balaban J connectivity index is 2.32. The van der Waals surface area contributed by atoms with E-state index in [2.05, 4.69) is 0 Å². The molecule has 64 valence electrons. The molecule has 0 saturated heterocycles. The summed E-state index contributed by atoms with van der Waals surface area (Å²) in [6.07, 6.45) is 3.90. The highest BCUT2D eigenvalue weighted by Crippen LogP contribution is 2.36. The summed E-state index contributed by atoms with van der Waals surface area (Å²) >= 11 is 0. The average Bonchev–Trinajstić information content (AvgIpc) is 1.93. The molecule has 0 spiro atoms. The fourth-order valence-electron chi connectivity index (χ4n) is 0.698. The quantitative estimate of drug-likeness (QED) is 0.535. The van der Waals surface area contributed by atoms with E-state index >= 15 is 0 Å². The van der Waals surface area contributed by atoms with Crippen molar-refractivity contribution in [3.63, 3.8) is 0 Å². The molecule has 1 aliphatic rings. The maximum atomic E-state index is 9.06. The van der Waals surface area contributed by atoms with Crippen LogP contribution in [-0.4, -0.2) is 22.1 Å². The van der Waals surface area contributed by atoms with Gasteiger partial charge >= 0.3 is 0 Å². The Labute approximate surface area is 74.8 Å². The minimum absolute atomic E-state index is 0.100. The molecule has 0 radical (unpaired) electrons. The first kappa shape index (κ1) is 9.45. The third-order valence-corrected chi connectivity index (χ3v) is 3.51. The molecule has 0 saturated carbocycles. The first-order valence-corrected chi connectivity index (χ1v) is 5.80. The summed E-state index contributed by atoms with van der Waals surface area (Å²) in [5.41, 5.74) is -0.268. The molecule has 0 aromatic heterocycles. The fraction of sp³-hybridized carbons (Fsp3) is 0.714. The third kappa shape index (κ3) is 3.51. The maximum Gasteiger partial charge on any atom is 0.131 e. The van der Waals surface area contributed by atoms with Crippen LogP contribution in [0.4, 0.5) is 0 Å². The summed E-state index contributed by atoms with van der Waals surface area (Å²) in [5, 5.41) is 9.06. The molecule has 2 nitrogen and oxygen atoms in total. The molecular formula is C7H12O2S2. The minimum atomic E-state index is -0.369. The second kappa shape index (κ2) is 4.40. The van der Waals surface area contributed by atoms with Crippen molar-refractivity contribution in [3.8, 4) is 0 Å². The zero-order valence-electron chi connectivity index (χ0n) is 6.56. The van der Waals surface area contributed by atoms with E-state index in [4.69, 9.17) is 9.84 Å². The summed E-state index contributed by atoms with van der Waals surface area (Å²) in [4.78, 5) is 0. The smallest absolute Gasteiger partial charge is 0.131 e. The van der Waals surface area contributed by atoms with E-state index in [1.165, 1.54) is 10.8 Å². The molecule has 0 amide bonds. The van der Waals surface area contributed by atoms with Gasteiger partial charge in [0.05, 0.1) is 6.10 Å². The van der Waals surface area contributed by atoms with Crippen molar-refractivity contribution in [2.24, 2.45) is 0 Å². The lowest BCUT2D eigenvalue weighted by molar-refractivity contribution is 0.0830. The topological polar surface area (TPSA) is 29.5 Å². The highest BCUT2D eigenvalue weighted by molar-refractivity contribution is 8.77. The SMILES string of the molecule is CC(C)OC1C=CC(O)SS1. The van der Waals surface area contributed by atoms with Gasteiger partial charge in [-0.2, -0.15) is 0 Å². The van der Waals surface area contributed by atoms with Crippen LogP contribution in [-0.2, 0) is 4.74 Å². The van der Waals surface area contributed by atoms with E-state index in [9.17, 15) is 0 Å². The van der Waals surface area contributed by atoms with Gasteiger partial charge in [-0.15, -0.1) is 0 Å². The summed E-state index contributed by atoms with van der Waals surface area (Å²) in [7, 11) is 2.99. The molecule has 0 fully saturated rings. The Morgan fingerprint density at radius 2 is 2.09 bits per heavy atom. The summed E-state index contributed by atoms with van der Waals surface area (Å²) in [5.74, 6) is 0. The monoisotopic (exact) mass is 192 g/mol. The van der Waals surface area contributed by atoms with Crippen LogP contribution < -0.4 is 0 Å². The predicted octanol–water partition coefficient (Wildman–Crippen LogP) is 2.01. The van der Waals surface area contributed by atoms with Crippen molar-refractivity contribution >= 4 is 21.6 Å². The van der Waals surface area contributed by atoms with E-state index in [1.807, 2.05) is 19.9 Å². The van der Waals surface area contributed by atoms with E-state index < -0.39 is 0 Å². The molecule has 2 unspecified atom stereocenters. The molecule has 0 aromatic carbocycles. The lowest BCUT2D eigenvalue weighted by atomic mass is 10.4. The number of hydrogen-bond donors (Lipinski definition) is 1. The largest absolute Gasteiger partial charge is 0.378 e. The highest BCUT2D eigenvalue weighted by atomic mass is 33.1. The molecule has 0 aliphatic carbocycles. The molecular weight excluding hydrogens is 180 g/mol. The van der Waals surface area contributed by atoms with Crippen molar-refractivity contribution in [2.75, 3.05) is 0 Å². The van der Waals surface area contributed by atoms with Crippen LogP contribution in [0.3, 0.4) is 0 Å². The molecule has 0 aromatic rings. The second-order valence-corrected chi connectivity index (χ2v) is 5.01. The lowest BCUT2D eigenvalue weighted by Gasteiger charge is -2.20. The van der Waals surface area contributed by atoms with Gasteiger partial charge in [0.1, 0.15) is 10.9 Å². The first-order valence-electron chi connectivity index (χ1n) is 3.52. The molecule has 1 N–H and O–H groups in total. The van der Waals surface area contributed by atoms with Gasteiger partial charge in [0, 0.05) is 0 Å². The molecule has 1 heterocycles. The highest BCUT2D eigenvalue weighted by Gasteiger charge is 2.15. The standard InChI is InChI=1S/C7H12O2S2/c1-5(2)9-7-4-3-6(8)10-11-7/h3-8H,1-2H3. The van der Waals surface area contributed by atoms with E-state index in [1.54, 1.807) is 16.9 Å². The van der Waals surface area contributed by atoms with Crippen LogP contribution in [0.1, 0.15) is 13.8 Å². The predicted molar refractivity (Wildman–Crippen MR) is 50.3 cm³/mol. The van der Waals surface area contributed by atoms with E-state index in [-0.39, 0.29) is 17.0 Å². The molecule has 2 atom stereocenters. The zero-order valence-corrected chi connectivity index (χ0v) is 8.19. The first-order chi connectivity index (χ1) is 5.18. The number of ether oxygens (including phenoxy) is 1. The van der Waals surface area contributed by atoms with Crippen molar-refractivity contribution in [3.05, 3.63) is 12.2 Å². The number of aliphatic hydroxyl groups is 1. The number of rotatable bonds is 2. The Bertz CT molecular complexity index is 147. The van der Waals surface area contributed by atoms with Crippen LogP contribution in [0.15, 0.2) is 12.2 Å². The van der Waals surface area contributed by atoms with Gasteiger partial charge in [-0.1, -0.05) is 21.6 Å². The number of hydrogen-bond acceptors (Lipinski definition) is 4. The fourth-order valence-corrected chi connectivity index (χ4v) is 2.69. The summed E-state index contributed by atoms with van der Waals surface area (Å²) in [6.45, 7) is 4.01. The van der Waals surface area contributed by atoms with Gasteiger partial charge in [-0.3, -0.25) is 0 Å². The molecule has 4 heteroatoms. The Hall–Kier alpha value is 0.360. The van der Waals surface area contributed by atoms with Gasteiger partial charge in [0.25, 0.3) is 0 Å². The van der Waals surface area contributed by atoms with Crippen LogP contribution in [0.5, 0.6) is 0 Å². The van der Waals surface area contributed by atoms with Crippen LogP contribution in [0.2, 0.25) is 0 Å². The lowest BCUT2D eigenvalue weighted by Crippen LogP contribution is -2.14. The Morgan fingerprint density at radius 3 is 2.55 bits per heavy atom. The zero-order chi connectivity index (χ0) is 8.27.